The van der Waals surface area contributed by atoms with E-state index in [-0.39, 0.29) is 48.8 Å². The number of benzene rings is 1. The highest BCUT2D eigenvalue weighted by Gasteiger charge is 2.39. The van der Waals surface area contributed by atoms with Crippen LogP contribution in [0.5, 0.6) is 0 Å². The highest BCUT2D eigenvalue weighted by Crippen LogP contribution is 2.31. The maximum absolute atomic E-state index is 14.2. The number of anilines is 1. The van der Waals surface area contributed by atoms with Crippen LogP contribution in [0, 0.1) is 30.5 Å². The molecule has 0 bridgehead atoms. The zero-order valence-electron chi connectivity index (χ0n) is 15.6. The summed E-state index contributed by atoms with van der Waals surface area (Å²) in [6, 6.07) is 4.86. The van der Waals surface area contributed by atoms with E-state index in [1.165, 1.54) is 11.0 Å². The lowest BCUT2D eigenvalue weighted by atomic mass is 9.92. The SMILES string of the molecule is Cc1ccc(N2CC(C(=O)N3CC[C@@H]4CNC[C@@H]4CC3)CC2=O)c(F)c1.Cl. The van der Waals surface area contributed by atoms with E-state index in [1.54, 1.807) is 12.1 Å². The summed E-state index contributed by atoms with van der Waals surface area (Å²) >= 11 is 0. The van der Waals surface area contributed by atoms with Gasteiger partial charge in [-0.25, -0.2) is 4.39 Å². The molecule has 2 amide bonds. The summed E-state index contributed by atoms with van der Waals surface area (Å²) in [5.74, 6) is 0.455. The van der Waals surface area contributed by atoms with Gasteiger partial charge in [-0.05, 0) is 62.4 Å². The van der Waals surface area contributed by atoms with Crippen molar-refractivity contribution in [1.29, 1.82) is 0 Å². The van der Waals surface area contributed by atoms with Crippen molar-refractivity contribution in [3.63, 3.8) is 0 Å². The van der Waals surface area contributed by atoms with Gasteiger partial charge in [-0.1, -0.05) is 6.07 Å². The van der Waals surface area contributed by atoms with E-state index in [4.69, 9.17) is 0 Å². The molecule has 1 unspecified atom stereocenters. The zero-order valence-corrected chi connectivity index (χ0v) is 16.4. The normalized spacial score (nSPS) is 27.9. The van der Waals surface area contributed by atoms with Crippen LogP contribution in [-0.4, -0.2) is 49.4 Å². The first-order valence-corrected chi connectivity index (χ1v) is 9.59. The number of carbonyl (C=O) groups is 2. The molecular weight excluding hydrogens is 369 g/mol. The van der Waals surface area contributed by atoms with Gasteiger partial charge in [-0.3, -0.25) is 9.59 Å². The number of halogens is 2. The molecule has 1 N–H and O–H groups in total. The van der Waals surface area contributed by atoms with E-state index in [9.17, 15) is 14.0 Å². The van der Waals surface area contributed by atoms with Crippen molar-refractivity contribution in [3.8, 4) is 0 Å². The number of aryl methyl sites for hydroxylation is 1. The summed E-state index contributed by atoms with van der Waals surface area (Å²) in [5.41, 5.74) is 1.10. The molecule has 0 aliphatic carbocycles. The van der Waals surface area contributed by atoms with E-state index in [1.807, 2.05) is 11.8 Å². The van der Waals surface area contributed by atoms with Crippen LogP contribution in [0.2, 0.25) is 0 Å². The van der Waals surface area contributed by atoms with Gasteiger partial charge in [0.05, 0.1) is 11.6 Å². The second kappa shape index (κ2) is 8.15. The van der Waals surface area contributed by atoms with E-state index in [0.717, 1.165) is 44.6 Å². The van der Waals surface area contributed by atoms with Crippen LogP contribution in [-0.2, 0) is 9.59 Å². The van der Waals surface area contributed by atoms with Crippen molar-refractivity contribution in [1.82, 2.24) is 10.2 Å². The van der Waals surface area contributed by atoms with Gasteiger partial charge < -0.3 is 15.1 Å². The molecule has 0 spiro atoms. The third kappa shape index (κ3) is 3.97. The van der Waals surface area contributed by atoms with Crippen LogP contribution >= 0.6 is 12.4 Å². The number of likely N-dealkylation sites (tertiary alicyclic amines) is 1. The average molecular weight is 396 g/mol. The van der Waals surface area contributed by atoms with Crippen molar-refractivity contribution in [2.24, 2.45) is 17.8 Å². The lowest BCUT2D eigenvalue weighted by Crippen LogP contribution is -2.38. The quantitative estimate of drug-likeness (QED) is 0.836. The number of hydrogen-bond donors (Lipinski definition) is 1. The predicted molar refractivity (Wildman–Crippen MR) is 105 cm³/mol. The lowest BCUT2D eigenvalue weighted by Gasteiger charge is -2.24. The van der Waals surface area contributed by atoms with Gasteiger partial charge in [0.15, 0.2) is 0 Å². The number of amides is 2. The van der Waals surface area contributed by atoms with Gasteiger partial charge in [0, 0.05) is 26.1 Å². The Morgan fingerprint density at radius 3 is 2.48 bits per heavy atom. The largest absolute Gasteiger partial charge is 0.342 e. The van der Waals surface area contributed by atoms with Gasteiger partial charge in [0.1, 0.15) is 5.82 Å². The second-order valence-corrected chi connectivity index (χ2v) is 7.94. The predicted octanol–water partition coefficient (Wildman–Crippen LogP) is 2.37. The molecule has 3 fully saturated rings. The molecule has 3 atom stereocenters. The molecule has 3 heterocycles. The summed E-state index contributed by atoms with van der Waals surface area (Å²) in [6.07, 6.45) is 2.23. The highest BCUT2D eigenvalue weighted by atomic mass is 35.5. The van der Waals surface area contributed by atoms with Crippen molar-refractivity contribution < 1.29 is 14.0 Å². The first-order chi connectivity index (χ1) is 12.5. The van der Waals surface area contributed by atoms with Crippen molar-refractivity contribution in [2.45, 2.75) is 26.2 Å². The smallest absolute Gasteiger partial charge is 0.228 e. The molecule has 0 radical (unpaired) electrons. The van der Waals surface area contributed by atoms with E-state index < -0.39 is 5.82 Å². The summed E-state index contributed by atoms with van der Waals surface area (Å²) in [5, 5.41) is 3.44. The fourth-order valence-electron chi connectivity index (χ4n) is 4.63. The Bertz CT molecular complexity index is 715. The maximum atomic E-state index is 14.2. The summed E-state index contributed by atoms with van der Waals surface area (Å²) in [4.78, 5) is 28.8. The van der Waals surface area contributed by atoms with Gasteiger partial charge in [-0.15, -0.1) is 12.4 Å². The van der Waals surface area contributed by atoms with E-state index in [0.29, 0.717) is 11.8 Å². The molecule has 5 nitrogen and oxygen atoms in total. The third-order valence-electron chi connectivity index (χ3n) is 6.20. The standard InChI is InChI=1S/C20H26FN3O2.ClH/c1-13-2-3-18(17(21)8-13)24-12-16(9-19(24)25)20(26)23-6-4-14-10-22-11-15(14)5-7-23;/h2-3,8,14-16,22H,4-7,9-12H2,1H3;1H/t14-,15+,16?;. The molecule has 1 aromatic carbocycles. The Morgan fingerprint density at radius 1 is 1.19 bits per heavy atom. The molecule has 7 heteroatoms. The maximum Gasteiger partial charge on any atom is 0.228 e. The molecule has 27 heavy (non-hydrogen) atoms. The Balaban J connectivity index is 0.00000210. The molecule has 0 saturated carbocycles. The first-order valence-electron chi connectivity index (χ1n) is 9.59. The number of nitrogens with zero attached hydrogens (tertiary/aromatic N) is 2. The van der Waals surface area contributed by atoms with Gasteiger partial charge >= 0.3 is 0 Å². The second-order valence-electron chi connectivity index (χ2n) is 7.94. The number of carbonyl (C=O) groups excluding carboxylic acids is 2. The fourth-order valence-corrected chi connectivity index (χ4v) is 4.63. The van der Waals surface area contributed by atoms with Gasteiger partial charge in [-0.2, -0.15) is 0 Å². The number of hydrogen-bond acceptors (Lipinski definition) is 3. The Kier molecular flexibility index (Phi) is 6.06. The number of rotatable bonds is 2. The highest BCUT2D eigenvalue weighted by molar-refractivity contribution is 6.00. The van der Waals surface area contributed by atoms with Gasteiger partial charge in [0.2, 0.25) is 11.8 Å². The van der Waals surface area contributed by atoms with Crippen LogP contribution in [0.25, 0.3) is 0 Å². The van der Waals surface area contributed by atoms with Crippen LogP contribution in [0.1, 0.15) is 24.8 Å². The van der Waals surface area contributed by atoms with Crippen molar-refractivity contribution >= 4 is 29.9 Å². The van der Waals surface area contributed by atoms with Crippen LogP contribution in [0.3, 0.4) is 0 Å². The van der Waals surface area contributed by atoms with Crippen LogP contribution in [0.15, 0.2) is 18.2 Å². The number of nitrogens with one attached hydrogen (secondary N) is 1. The Hall–Kier alpha value is -1.66. The minimum atomic E-state index is -0.401. The third-order valence-corrected chi connectivity index (χ3v) is 6.20. The lowest BCUT2D eigenvalue weighted by molar-refractivity contribution is -0.135. The fraction of sp³-hybridized carbons (Fsp3) is 0.600. The number of fused-ring (bicyclic) bond motifs is 1. The molecule has 0 aromatic heterocycles. The topological polar surface area (TPSA) is 52.7 Å². The first kappa shape index (κ1) is 20.1. The average Bonchev–Trinajstić information content (AvgIpc) is 3.16. The van der Waals surface area contributed by atoms with E-state index >= 15 is 0 Å². The molecule has 148 valence electrons. The van der Waals surface area contributed by atoms with Gasteiger partial charge in [0.25, 0.3) is 0 Å². The van der Waals surface area contributed by atoms with E-state index in [2.05, 4.69) is 5.32 Å². The van der Waals surface area contributed by atoms with Crippen molar-refractivity contribution in [2.75, 3.05) is 37.6 Å². The molecule has 3 saturated heterocycles. The summed E-state index contributed by atoms with van der Waals surface area (Å²) < 4.78 is 14.2. The summed E-state index contributed by atoms with van der Waals surface area (Å²) in [6.45, 7) is 5.73. The van der Waals surface area contributed by atoms with Crippen LogP contribution < -0.4 is 10.2 Å². The molecule has 1 aromatic rings. The summed E-state index contributed by atoms with van der Waals surface area (Å²) in [7, 11) is 0. The molecule has 3 aliphatic heterocycles. The zero-order chi connectivity index (χ0) is 18.3. The monoisotopic (exact) mass is 395 g/mol. The molecule has 3 aliphatic rings. The minimum Gasteiger partial charge on any atom is -0.342 e. The van der Waals surface area contributed by atoms with Crippen LogP contribution in [0.4, 0.5) is 10.1 Å². The Morgan fingerprint density at radius 2 is 1.85 bits per heavy atom. The molecule has 4 rings (SSSR count). The Labute approximate surface area is 165 Å². The van der Waals surface area contributed by atoms with Crippen molar-refractivity contribution in [3.05, 3.63) is 29.6 Å². The molecular formula is C20H27ClFN3O2. The minimum absolute atomic E-state index is 0.